The topological polar surface area (TPSA) is 41.6 Å². The van der Waals surface area contributed by atoms with Crippen molar-refractivity contribution in [3.63, 3.8) is 0 Å². The van der Waals surface area contributed by atoms with Crippen LogP contribution >= 0.6 is 0 Å². The fraction of sp³-hybridized carbons (Fsp3) is 0.480. The Hall–Kier alpha value is -2.13. The summed E-state index contributed by atoms with van der Waals surface area (Å²) in [6.45, 7) is 7.05. The monoisotopic (exact) mass is 375 g/mol. The molecule has 4 aliphatic rings. The molecule has 1 saturated heterocycles. The number of nitrogens with one attached hydrogen (secondary N) is 1. The Morgan fingerprint density at radius 1 is 1.14 bits per heavy atom. The summed E-state index contributed by atoms with van der Waals surface area (Å²) in [6.07, 6.45) is 9.83. The summed E-state index contributed by atoms with van der Waals surface area (Å²) in [6, 6.07) is 9.68. The van der Waals surface area contributed by atoms with Crippen LogP contribution in [0.4, 0.5) is 5.69 Å². The van der Waals surface area contributed by atoms with Crippen LogP contribution < -0.4 is 5.32 Å². The number of carbonyl (C=O) groups is 1. The van der Waals surface area contributed by atoms with Gasteiger partial charge in [-0.3, -0.25) is 4.79 Å². The Balaban J connectivity index is 1.50. The predicted molar refractivity (Wildman–Crippen MR) is 112 cm³/mol. The first-order valence-electron chi connectivity index (χ1n) is 10.6. The fourth-order valence-corrected chi connectivity index (χ4v) is 5.64. The van der Waals surface area contributed by atoms with Crippen molar-refractivity contribution >= 4 is 11.6 Å². The highest BCUT2D eigenvalue weighted by Crippen LogP contribution is 2.65. The maximum atomic E-state index is 12.9. The molecule has 0 unspecified atom stereocenters. The van der Waals surface area contributed by atoms with E-state index in [1.165, 1.54) is 24.8 Å². The number of ether oxygens (including phenoxy) is 1. The first-order chi connectivity index (χ1) is 13.4. The molecule has 2 fully saturated rings. The zero-order valence-electron chi connectivity index (χ0n) is 17.0. The number of rotatable bonds is 3. The largest absolute Gasteiger partial charge is 0.361 e. The third-order valence-corrected chi connectivity index (χ3v) is 7.34. The molecule has 1 heterocycles. The molecular formula is C25H29NO2. The van der Waals surface area contributed by atoms with Crippen LogP contribution in [0.5, 0.6) is 0 Å². The number of epoxide rings is 1. The second-order valence-corrected chi connectivity index (χ2v) is 9.41. The van der Waals surface area contributed by atoms with E-state index in [0.717, 1.165) is 17.7 Å². The number of benzene rings is 1. The van der Waals surface area contributed by atoms with Crippen molar-refractivity contribution < 1.29 is 9.53 Å². The van der Waals surface area contributed by atoms with Crippen LogP contribution in [-0.4, -0.2) is 17.6 Å². The van der Waals surface area contributed by atoms with Gasteiger partial charge in [0.2, 0.25) is 0 Å². The molecule has 1 N–H and O–H groups in total. The number of anilines is 1. The van der Waals surface area contributed by atoms with Crippen molar-refractivity contribution in [1.82, 2.24) is 0 Å². The van der Waals surface area contributed by atoms with Gasteiger partial charge in [0.05, 0.1) is 6.10 Å². The molecule has 1 aliphatic heterocycles. The van der Waals surface area contributed by atoms with Crippen LogP contribution in [0.3, 0.4) is 0 Å². The van der Waals surface area contributed by atoms with Gasteiger partial charge in [-0.25, -0.2) is 0 Å². The first kappa shape index (κ1) is 17.9. The molecule has 146 valence electrons. The van der Waals surface area contributed by atoms with Gasteiger partial charge in [-0.2, -0.15) is 0 Å². The van der Waals surface area contributed by atoms with E-state index in [4.69, 9.17) is 4.74 Å². The lowest BCUT2D eigenvalue weighted by atomic mass is 9.64. The maximum Gasteiger partial charge on any atom is 0.251 e. The van der Waals surface area contributed by atoms with Gasteiger partial charge in [-0.1, -0.05) is 56.7 Å². The summed E-state index contributed by atoms with van der Waals surface area (Å²) in [4.78, 5) is 12.9. The molecule has 3 aliphatic carbocycles. The number of hydrogen-bond acceptors (Lipinski definition) is 2. The molecule has 3 heteroatoms. The van der Waals surface area contributed by atoms with E-state index >= 15 is 0 Å². The van der Waals surface area contributed by atoms with E-state index < -0.39 is 0 Å². The van der Waals surface area contributed by atoms with Gasteiger partial charge >= 0.3 is 0 Å². The highest BCUT2D eigenvalue weighted by atomic mass is 16.6. The molecule has 0 aromatic heterocycles. The number of fused-ring (bicyclic) bond motifs is 2. The first-order valence-corrected chi connectivity index (χ1v) is 10.6. The highest BCUT2D eigenvalue weighted by Gasteiger charge is 2.64. The third-order valence-electron chi connectivity index (χ3n) is 7.34. The van der Waals surface area contributed by atoms with Crippen LogP contribution in [-0.2, 0) is 9.53 Å². The molecule has 1 amide bonds. The number of hydrogen-bond donors (Lipinski definition) is 1. The van der Waals surface area contributed by atoms with Gasteiger partial charge in [0.25, 0.3) is 5.91 Å². The van der Waals surface area contributed by atoms with Crippen LogP contribution in [0.15, 0.2) is 64.8 Å². The zero-order valence-corrected chi connectivity index (χ0v) is 17.0. The molecule has 1 saturated carbocycles. The average molecular weight is 376 g/mol. The summed E-state index contributed by atoms with van der Waals surface area (Å²) >= 11 is 0. The number of allylic oxidation sites excluding steroid dienone is 3. The second kappa shape index (κ2) is 6.18. The highest BCUT2D eigenvalue weighted by molar-refractivity contribution is 6.04. The van der Waals surface area contributed by atoms with E-state index in [9.17, 15) is 4.79 Å². The summed E-state index contributed by atoms with van der Waals surface area (Å²) in [5.41, 5.74) is 6.31. The summed E-state index contributed by atoms with van der Waals surface area (Å²) in [5.74, 6) is 0.553. The average Bonchev–Trinajstić information content (AvgIpc) is 3.27. The summed E-state index contributed by atoms with van der Waals surface area (Å²) in [5, 5.41) is 3.03. The molecule has 28 heavy (non-hydrogen) atoms. The smallest absolute Gasteiger partial charge is 0.251 e. The molecular weight excluding hydrogens is 346 g/mol. The van der Waals surface area contributed by atoms with E-state index in [0.29, 0.717) is 12.3 Å². The number of para-hydroxylation sites is 1. The molecule has 1 spiro atoms. The van der Waals surface area contributed by atoms with Crippen molar-refractivity contribution in [3.8, 4) is 0 Å². The van der Waals surface area contributed by atoms with Gasteiger partial charge in [-0.15, -0.1) is 0 Å². The lowest BCUT2D eigenvalue weighted by molar-refractivity contribution is -0.113. The summed E-state index contributed by atoms with van der Waals surface area (Å²) < 4.78 is 6.34. The Kier molecular flexibility index (Phi) is 3.96. The molecule has 3 atom stereocenters. The molecule has 3 nitrogen and oxygen atoms in total. The van der Waals surface area contributed by atoms with Crippen LogP contribution in [0.1, 0.15) is 52.9 Å². The number of carbonyl (C=O) groups excluding carboxylic acids is 1. The summed E-state index contributed by atoms with van der Waals surface area (Å²) in [7, 11) is 0. The standard InChI is InChI=1S/C25H29NO2/c1-16(2)19-11-12-24(3)13-14-25-20(22(19)24)10-9-17(15-21(25)28-25)23(27)26-18-7-5-4-6-8-18/h4-10,16,21H,11-15H2,1-3H3,(H,26,27)/t21-,24+,25-/m0/s1. The fourth-order valence-electron chi connectivity index (χ4n) is 5.64. The Bertz CT molecular complexity index is 923. The normalized spacial score (nSPS) is 33.4. The van der Waals surface area contributed by atoms with Gasteiger partial charge in [0.15, 0.2) is 0 Å². The maximum absolute atomic E-state index is 12.9. The zero-order chi connectivity index (χ0) is 19.5. The van der Waals surface area contributed by atoms with E-state index in [1.807, 2.05) is 30.3 Å². The lowest BCUT2D eigenvalue weighted by Gasteiger charge is -2.39. The Labute approximate surface area is 167 Å². The predicted octanol–water partition coefficient (Wildman–Crippen LogP) is 5.57. The lowest BCUT2D eigenvalue weighted by Crippen LogP contribution is -2.34. The van der Waals surface area contributed by atoms with Crippen LogP contribution in [0.2, 0.25) is 0 Å². The van der Waals surface area contributed by atoms with E-state index in [2.05, 4.69) is 38.2 Å². The molecule has 1 aromatic rings. The van der Waals surface area contributed by atoms with Gasteiger partial charge in [-0.05, 0) is 60.3 Å². The second-order valence-electron chi connectivity index (χ2n) is 9.41. The van der Waals surface area contributed by atoms with Gasteiger partial charge in [0, 0.05) is 17.7 Å². The van der Waals surface area contributed by atoms with E-state index in [1.54, 1.807) is 11.1 Å². The van der Waals surface area contributed by atoms with Crippen molar-refractivity contribution in [1.29, 1.82) is 0 Å². The number of amides is 1. The molecule has 5 rings (SSSR count). The minimum Gasteiger partial charge on any atom is -0.361 e. The Morgan fingerprint density at radius 3 is 2.68 bits per heavy atom. The van der Waals surface area contributed by atoms with E-state index in [-0.39, 0.29) is 23.0 Å². The third kappa shape index (κ3) is 2.63. The van der Waals surface area contributed by atoms with Gasteiger partial charge in [0.1, 0.15) is 5.60 Å². The quantitative estimate of drug-likeness (QED) is 0.702. The molecule has 0 bridgehead atoms. The molecule has 0 radical (unpaired) electrons. The van der Waals surface area contributed by atoms with Crippen LogP contribution in [0, 0.1) is 11.3 Å². The minimum absolute atomic E-state index is 0.0143. The SMILES string of the molecule is CC(C)C1=C2C3=CC=C(C(=O)Nc4ccccc4)C[C@@H]4O[C@@]34CC[C@@]2(C)CC1. The minimum atomic E-state index is -0.148. The molecule has 1 aromatic carbocycles. The van der Waals surface area contributed by atoms with Crippen molar-refractivity contribution in [3.05, 3.63) is 64.8 Å². The van der Waals surface area contributed by atoms with Crippen molar-refractivity contribution in [2.45, 2.75) is 64.6 Å². The van der Waals surface area contributed by atoms with Crippen molar-refractivity contribution in [2.75, 3.05) is 5.32 Å². The Morgan fingerprint density at radius 2 is 1.93 bits per heavy atom. The van der Waals surface area contributed by atoms with Crippen LogP contribution in [0.25, 0.3) is 0 Å². The van der Waals surface area contributed by atoms with Crippen molar-refractivity contribution in [2.24, 2.45) is 11.3 Å². The van der Waals surface area contributed by atoms with Gasteiger partial charge < -0.3 is 10.1 Å².